The number of hydrogen-bond donors (Lipinski definition) is 2. The molecule has 3 nitrogen and oxygen atoms in total. The SMILES string of the molecule is Cl.PN=PNPNP. The van der Waals surface area contributed by atoms with E-state index < -0.39 is 0 Å². The largest absolute Gasteiger partial charge is 0.269 e. The Morgan fingerprint density at radius 2 is 2.25 bits per heavy atom. The molecule has 0 heterocycles. The molecule has 3 atom stereocenters. The molecule has 0 aromatic heterocycles. The third-order valence-electron chi connectivity index (χ3n) is 0.236. The van der Waals surface area contributed by atoms with Crippen LogP contribution in [-0.4, -0.2) is 0 Å². The summed E-state index contributed by atoms with van der Waals surface area (Å²) in [5.41, 5.74) is 0. The van der Waals surface area contributed by atoms with Gasteiger partial charge in [0.2, 0.25) is 0 Å². The predicted molar refractivity (Wildman–Crippen MR) is 50.6 cm³/mol. The normalized spacial score (nSPS) is 10.8. The van der Waals surface area contributed by atoms with Crippen molar-refractivity contribution in [3.63, 3.8) is 0 Å². The molecule has 0 rings (SSSR count). The molecule has 8 heavy (non-hydrogen) atoms. The van der Waals surface area contributed by atoms with E-state index in [0.717, 1.165) is 8.52 Å². The topological polar surface area (TPSA) is 36.4 Å². The van der Waals surface area contributed by atoms with Crippen LogP contribution in [0.5, 0.6) is 0 Å². The van der Waals surface area contributed by atoms with E-state index in [9.17, 15) is 0 Å². The molecular formula is H8ClN3P4. The second-order valence-electron chi connectivity index (χ2n) is 0.597. The van der Waals surface area contributed by atoms with Gasteiger partial charge in [-0.1, -0.05) is 9.39 Å². The average Bonchev–Trinajstić information content (AvgIpc) is 1.69. The van der Waals surface area contributed by atoms with Crippen LogP contribution in [0.25, 0.3) is 0 Å². The molecule has 0 saturated carbocycles. The Labute approximate surface area is 63.3 Å². The molecule has 2 N–H and O–H groups in total. The summed E-state index contributed by atoms with van der Waals surface area (Å²) >= 11 is 0. The van der Waals surface area contributed by atoms with Gasteiger partial charge in [-0.05, 0) is 9.39 Å². The fourth-order valence-electron chi connectivity index (χ4n) is 0.0861. The molecule has 50 valence electrons. The van der Waals surface area contributed by atoms with Gasteiger partial charge in [-0.3, -0.25) is 4.86 Å². The zero-order chi connectivity index (χ0) is 5.54. The number of halogens is 1. The second-order valence-corrected chi connectivity index (χ2v) is 4.02. The monoisotopic (exact) mass is 209 g/mol. The lowest BCUT2D eigenvalue weighted by Gasteiger charge is -1.89. The number of hydrogen-bond acceptors (Lipinski definition) is 2. The van der Waals surface area contributed by atoms with Crippen LogP contribution in [0.4, 0.5) is 0 Å². The highest BCUT2D eigenvalue weighted by Crippen LogP contribution is 2.08. The van der Waals surface area contributed by atoms with Gasteiger partial charge >= 0.3 is 0 Å². The minimum Gasteiger partial charge on any atom is -0.269 e. The van der Waals surface area contributed by atoms with Gasteiger partial charge < -0.3 is 0 Å². The Morgan fingerprint density at radius 1 is 1.62 bits per heavy atom. The van der Waals surface area contributed by atoms with Crippen LogP contribution in [-0.2, 0) is 0 Å². The third-order valence-corrected chi connectivity index (χ3v) is 2.12. The molecule has 0 fully saturated rings. The quantitative estimate of drug-likeness (QED) is 0.548. The molecule has 0 spiro atoms. The van der Waals surface area contributed by atoms with Gasteiger partial charge in [0.15, 0.2) is 0 Å². The van der Waals surface area contributed by atoms with Gasteiger partial charge in [-0.25, -0.2) is 9.37 Å². The zero-order valence-electron chi connectivity index (χ0n) is 3.96. The Balaban J connectivity index is 0. The van der Waals surface area contributed by atoms with Gasteiger partial charge in [0.1, 0.15) is 0 Å². The Morgan fingerprint density at radius 3 is 2.62 bits per heavy atom. The van der Waals surface area contributed by atoms with Gasteiger partial charge in [0.25, 0.3) is 0 Å². The van der Waals surface area contributed by atoms with Crippen molar-refractivity contribution in [3.8, 4) is 0 Å². The molecule has 0 amide bonds. The maximum Gasteiger partial charge on any atom is 0.0986 e. The molecular weight excluding hydrogens is 201 g/mol. The molecule has 0 bridgehead atoms. The van der Waals surface area contributed by atoms with E-state index in [0.29, 0.717) is 8.88 Å². The van der Waals surface area contributed by atoms with E-state index >= 15 is 0 Å². The van der Waals surface area contributed by atoms with Crippen LogP contribution in [0.3, 0.4) is 0 Å². The molecule has 0 radical (unpaired) electrons. The van der Waals surface area contributed by atoms with Crippen LogP contribution in [0, 0.1) is 0 Å². The summed E-state index contributed by atoms with van der Waals surface area (Å²) in [5.74, 6) is 0. The molecule has 8 heteroatoms. The molecule has 0 saturated heterocycles. The van der Waals surface area contributed by atoms with Crippen molar-refractivity contribution in [2.24, 2.45) is 4.52 Å². The van der Waals surface area contributed by atoms with Crippen LogP contribution in [0.15, 0.2) is 4.52 Å². The maximum absolute atomic E-state index is 3.71. The van der Waals surface area contributed by atoms with E-state index in [1.165, 1.54) is 0 Å². The molecule has 0 aliphatic rings. The average molecular weight is 209 g/mol. The molecule has 0 aliphatic heterocycles. The van der Waals surface area contributed by atoms with Gasteiger partial charge in [-0.2, -0.15) is 0 Å². The summed E-state index contributed by atoms with van der Waals surface area (Å²) in [7, 11) is 6.13. The van der Waals surface area contributed by atoms with Gasteiger partial charge in [0.05, 0.1) is 8.52 Å². The van der Waals surface area contributed by atoms with Crippen molar-refractivity contribution in [2.75, 3.05) is 0 Å². The smallest absolute Gasteiger partial charge is 0.0986 e. The highest BCUT2D eigenvalue weighted by Gasteiger charge is 1.69. The number of nitrogens with one attached hydrogen (secondary N) is 2. The fourth-order valence-corrected chi connectivity index (χ4v) is 1.88. The van der Waals surface area contributed by atoms with E-state index in [1.54, 1.807) is 0 Å². The Kier molecular flexibility index (Phi) is 17.5. The standard InChI is InChI=1S/ClH.H7N3P4/c;4-1-6-3-7-2-5/h1H;1,6H,4-5H2,(H,2,3). The van der Waals surface area contributed by atoms with Crippen LogP contribution in [0.1, 0.15) is 0 Å². The third kappa shape index (κ3) is 10.6. The Hall–Kier alpha value is 1.60. The first-order valence-corrected chi connectivity index (χ1v) is 4.41. The van der Waals surface area contributed by atoms with Gasteiger partial charge in [-0.15, -0.1) is 12.4 Å². The summed E-state index contributed by atoms with van der Waals surface area (Å²) in [5, 5.41) is 0. The Bertz CT molecular complexity index is 55.2. The minimum atomic E-state index is 0. The summed E-state index contributed by atoms with van der Waals surface area (Å²) in [6.07, 6.45) is 0. The maximum atomic E-state index is 3.71. The van der Waals surface area contributed by atoms with Crippen molar-refractivity contribution < 1.29 is 0 Å². The lowest BCUT2D eigenvalue weighted by atomic mass is 13.8. The lowest BCUT2D eigenvalue weighted by Crippen LogP contribution is -1.84. The van der Waals surface area contributed by atoms with Crippen molar-refractivity contribution in [1.82, 2.24) is 9.72 Å². The zero-order valence-corrected chi connectivity index (χ0v) is 8.98. The second kappa shape index (κ2) is 11.4. The van der Waals surface area contributed by atoms with E-state index in [4.69, 9.17) is 0 Å². The predicted octanol–water partition coefficient (Wildman–Crippen LogP) is 1.72. The number of rotatable bonds is 3. The van der Waals surface area contributed by atoms with E-state index in [1.807, 2.05) is 0 Å². The van der Waals surface area contributed by atoms with Crippen LogP contribution in [0.2, 0.25) is 0 Å². The highest BCUT2D eigenvalue weighted by molar-refractivity contribution is 7.52. The van der Waals surface area contributed by atoms with Crippen LogP contribution < -0.4 is 9.72 Å². The van der Waals surface area contributed by atoms with Crippen molar-refractivity contribution in [3.05, 3.63) is 0 Å². The van der Waals surface area contributed by atoms with E-state index in [-0.39, 0.29) is 12.4 Å². The minimum absolute atomic E-state index is 0. The molecule has 0 aromatic rings. The molecule has 0 aliphatic carbocycles. The number of nitrogens with zero attached hydrogens (tertiary/aromatic N) is 1. The highest BCUT2D eigenvalue weighted by atomic mass is 35.5. The fraction of sp³-hybridized carbons (Fsp3) is 0. The van der Waals surface area contributed by atoms with Crippen molar-refractivity contribution in [1.29, 1.82) is 0 Å². The summed E-state index contributed by atoms with van der Waals surface area (Å²) in [6.45, 7) is 0. The first-order chi connectivity index (χ1) is 3.41. The lowest BCUT2D eigenvalue weighted by molar-refractivity contribution is 1.59. The molecule has 0 aromatic carbocycles. The summed E-state index contributed by atoms with van der Waals surface area (Å²) in [6, 6.07) is 0. The summed E-state index contributed by atoms with van der Waals surface area (Å²) < 4.78 is 3.71. The van der Waals surface area contributed by atoms with E-state index in [2.05, 4.69) is 33.0 Å². The van der Waals surface area contributed by atoms with Crippen LogP contribution >= 0.6 is 48.6 Å². The first kappa shape index (κ1) is 12.3. The van der Waals surface area contributed by atoms with Crippen molar-refractivity contribution >= 4 is 48.6 Å². The first-order valence-electron chi connectivity index (χ1n) is 1.47. The molecule has 3 unspecified atom stereocenters. The van der Waals surface area contributed by atoms with Gasteiger partial charge in [0, 0.05) is 8.88 Å². The van der Waals surface area contributed by atoms with Crippen molar-refractivity contribution in [2.45, 2.75) is 0 Å². The summed E-state index contributed by atoms with van der Waals surface area (Å²) in [4.78, 5) is 5.82.